The highest BCUT2D eigenvalue weighted by Crippen LogP contribution is 2.35. The molecule has 32 heavy (non-hydrogen) atoms. The average molecular weight is 480 g/mol. The summed E-state index contributed by atoms with van der Waals surface area (Å²) in [6.45, 7) is 1.92. The SMILES string of the molecule is CCC(c1ccc(Oc2ccc(C(=O)O)cc2S(C)(=O)=O)c(S(N)(=O)=O)c1)n1ccnc1. The van der Waals surface area contributed by atoms with Crippen LogP contribution < -0.4 is 9.88 Å². The molecule has 3 N–H and O–H groups in total. The van der Waals surface area contributed by atoms with Crippen molar-refractivity contribution in [3.63, 3.8) is 0 Å². The van der Waals surface area contributed by atoms with Crippen LogP contribution in [0.15, 0.2) is 64.9 Å². The Labute approximate surface area is 185 Å². The number of nitrogens with two attached hydrogens (primary N) is 1. The van der Waals surface area contributed by atoms with Crippen LogP contribution >= 0.6 is 0 Å². The quantitative estimate of drug-likeness (QED) is 0.498. The van der Waals surface area contributed by atoms with E-state index in [1.807, 2.05) is 11.5 Å². The van der Waals surface area contributed by atoms with Crippen molar-refractivity contribution in [3.8, 4) is 11.5 Å². The molecule has 0 radical (unpaired) electrons. The van der Waals surface area contributed by atoms with Crippen molar-refractivity contribution in [2.24, 2.45) is 5.14 Å². The van der Waals surface area contributed by atoms with Gasteiger partial charge in [-0.2, -0.15) is 0 Å². The molecule has 0 aliphatic rings. The molecule has 0 bridgehead atoms. The van der Waals surface area contributed by atoms with Crippen molar-refractivity contribution >= 4 is 25.8 Å². The maximum atomic E-state index is 12.3. The largest absolute Gasteiger partial charge is 0.478 e. The van der Waals surface area contributed by atoms with Crippen LogP contribution in [0.5, 0.6) is 11.5 Å². The number of aromatic carboxylic acids is 1. The van der Waals surface area contributed by atoms with Gasteiger partial charge in [-0.15, -0.1) is 0 Å². The lowest BCUT2D eigenvalue weighted by Crippen LogP contribution is -2.15. The molecule has 0 amide bonds. The van der Waals surface area contributed by atoms with E-state index >= 15 is 0 Å². The highest BCUT2D eigenvalue weighted by atomic mass is 32.2. The van der Waals surface area contributed by atoms with Gasteiger partial charge in [0.2, 0.25) is 10.0 Å². The molecule has 1 atom stereocenters. The third-order valence-corrected chi connectivity index (χ3v) is 6.79. The first-order chi connectivity index (χ1) is 14.9. The van der Waals surface area contributed by atoms with E-state index < -0.39 is 30.7 Å². The van der Waals surface area contributed by atoms with E-state index in [0.717, 1.165) is 24.5 Å². The lowest BCUT2D eigenvalue weighted by molar-refractivity contribution is 0.0696. The van der Waals surface area contributed by atoms with Gasteiger partial charge >= 0.3 is 5.97 Å². The highest BCUT2D eigenvalue weighted by Gasteiger charge is 2.23. The molecule has 2 aromatic carbocycles. The Hall–Kier alpha value is -3.22. The zero-order valence-electron chi connectivity index (χ0n) is 17.2. The second kappa shape index (κ2) is 8.73. The number of carboxylic acid groups (broad SMARTS) is 1. The van der Waals surface area contributed by atoms with Crippen molar-refractivity contribution in [3.05, 3.63) is 66.2 Å². The molecule has 0 spiro atoms. The maximum absolute atomic E-state index is 12.3. The first kappa shape index (κ1) is 23.4. The molecule has 0 aliphatic carbocycles. The first-order valence-corrected chi connectivity index (χ1v) is 12.7. The van der Waals surface area contributed by atoms with Gasteiger partial charge in [-0.3, -0.25) is 0 Å². The molecule has 0 saturated heterocycles. The van der Waals surface area contributed by atoms with Gasteiger partial charge in [-0.25, -0.2) is 31.8 Å². The van der Waals surface area contributed by atoms with E-state index in [2.05, 4.69) is 4.98 Å². The summed E-state index contributed by atoms with van der Waals surface area (Å²) < 4.78 is 56.4. The minimum Gasteiger partial charge on any atom is -0.478 e. The molecule has 12 heteroatoms. The van der Waals surface area contributed by atoms with E-state index in [4.69, 9.17) is 15.0 Å². The lowest BCUT2D eigenvalue weighted by Gasteiger charge is -2.19. The molecule has 1 unspecified atom stereocenters. The van der Waals surface area contributed by atoms with E-state index in [0.29, 0.717) is 12.0 Å². The summed E-state index contributed by atoms with van der Waals surface area (Å²) >= 11 is 0. The topological polar surface area (TPSA) is 159 Å². The molecule has 0 aliphatic heterocycles. The molecular formula is C20H21N3O7S2. The number of ether oxygens (including phenoxy) is 1. The highest BCUT2D eigenvalue weighted by molar-refractivity contribution is 7.90. The molecule has 3 aromatic rings. The normalized spacial score (nSPS) is 13.0. The summed E-state index contributed by atoms with van der Waals surface area (Å²) in [7, 11) is -8.14. The predicted molar refractivity (Wildman–Crippen MR) is 115 cm³/mol. The first-order valence-electron chi connectivity index (χ1n) is 9.31. The number of imidazole rings is 1. The molecule has 0 saturated carbocycles. The van der Waals surface area contributed by atoms with Crippen LogP contribution in [0.3, 0.4) is 0 Å². The van der Waals surface area contributed by atoms with Crippen LogP contribution in [0, 0.1) is 0 Å². The monoisotopic (exact) mass is 479 g/mol. The molecule has 1 heterocycles. The molecule has 170 valence electrons. The van der Waals surface area contributed by atoms with Crippen molar-refractivity contribution in [1.29, 1.82) is 0 Å². The average Bonchev–Trinajstić information content (AvgIpc) is 3.22. The van der Waals surface area contributed by atoms with E-state index in [-0.39, 0.29) is 28.0 Å². The van der Waals surface area contributed by atoms with Gasteiger partial charge in [-0.05, 0) is 42.3 Å². The molecule has 0 fully saturated rings. The number of carboxylic acids is 1. The Kier molecular flexibility index (Phi) is 6.39. The van der Waals surface area contributed by atoms with Crippen molar-refractivity contribution in [1.82, 2.24) is 9.55 Å². The van der Waals surface area contributed by atoms with E-state index in [9.17, 15) is 21.6 Å². The standard InChI is InChI=1S/C20H21N3O7S2/c1-3-15(23-9-8-22-12-23)13-4-6-17(19(10-13)32(21,28)29)30-16-7-5-14(20(24)25)11-18(16)31(2,26)27/h4-12,15H,3H2,1-2H3,(H,24,25)(H2,21,28,29). The van der Waals surface area contributed by atoms with Gasteiger partial charge in [0.1, 0.15) is 21.3 Å². The summed E-state index contributed by atoms with van der Waals surface area (Å²) in [6, 6.07) is 7.43. The number of benzene rings is 2. The molecule has 10 nitrogen and oxygen atoms in total. The van der Waals surface area contributed by atoms with Gasteiger partial charge in [0.25, 0.3) is 0 Å². The second-order valence-corrected chi connectivity index (χ2v) is 10.5. The number of sulfone groups is 1. The Balaban J connectivity index is 2.12. The van der Waals surface area contributed by atoms with Gasteiger partial charge < -0.3 is 14.4 Å². The number of hydrogen-bond donors (Lipinski definition) is 2. The third kappa shape index (κ3) is 4.98. The minimum absolute atomic E-state index is 0.190. The van der Waals surface area contributed by atoms with Gasteiger partial charge in [0.15, 0.2) is 9.84 Å². The van der Waals surface area contributed by atoms with Crippen molar-refractivity contribution in [2.75, 3.05) is 6.26 Å². The fraction of sp³-hybridized carbons (Fsp3) is 0.200. The third-order valence-electron chi connectivity index (χ3n) is 4.74. The zero-order valence-corrected chi connectivity index (χ0v) is 18.8. The zero-order chi connectivity index (χ0) is 23.7. The number of nitrogens with zero attached hydrogens (tertiary/aromatic N) is 2. The molecule has 1 aromatic heterocycles. The molecule has 3 rings (SSSR count). The lowest BCUT2D eigenvalue weighted by atomic mass is 10.0. The van der Waals surface area contributed by atoms with Crippen LogP contribution in [-0.2, 0) is 19.9 Å². The Morgan fingerprint density at radius 3 is 2.31 bits per heavy atom. The number of rotatable bonds is 8. The predicted octanol–water partition coefficient (Wildman–Crippen LogP) is 2.42. The van der Waals surface area contributed by atoms with Gasteiger partial charge in [-0.1, -0.05) is 13.0 Å². The Morgan fingerprint density at radius 2 is 1.78 bits per heavy atom. The van der Waals surface area contributed by atoms with E-state index in [1.165, 1.54) is 12.1 Å². The van der Waals surface area contributed by atoms with Crippen molar-refractivity contribution in [2.45, 2.75) is 29.2 Å². The Bertz CT molecular complexity index is 1370. The fourth-order valence-electron chi connectivity index (χ4n) is 3.24. The Morgan fingerprint density at radius 1 is 1.12 bits per heavy atom. The number of primary sulfonamides is 1. The van der Waals surface area contributed by atoms with Crippen LogP contribution in [-0.4, -0.2) is 43.7 Å². The van der Waals surface area contributed by atoms with Crippen LogP contribution in [0.2, 0.25) is 0 Å². The number of hydrogen-bond acceptors (Lipinski definition) is 7. The van der Waals surface area contributed by atoms with Gasteiger partial charge in [0.05, 0.1) is 17.9 Å². The summed E-state index contributed by atoms with van der Waals surface area (Å²) in [5.41, 5.74) is 0.373. The summed E-state index contributed by atoms with van der Waals surface area (Å²) in [4.78, 5) is 14.5. The second-order valence-electron chi connectivity index (χ2n) is 7.03. The molecular weight excluding hydrogens is 458 g/mol. The van der Waals surface area contributed by atoms with Gasteiger partial charge in [0, 0.05) is 18.6 Å². The smallest absolute Gasteiger partial charge is 0.335 e. The van der Waals surface area contributed by atoms with Crippen LogP contribution in [0.4, 0.5) is 0 Å². The van der Waals surface area contributed by atoms with E-state index in [1.54, 1.807) is 24.8 Å². The number of aromatic nitrogens is 2. The fourth-order valence-corrected chi connectivity index (χ4v) is 4.75. The van der Waals surface area contributed by atoms with Crippen LogP contribution in [0.25, 0.3) is 0 Å². The number of carbonyl (C=O) groups is 1. The number of sulfonamides is 1. The van der Waals surface area contributed by atoms with Crippen LogP contribution in [0.1, 0.15) is 35.3 Å². The van der Waals surface area contributed by atoms with Crippen molar-refractivity contribution < 1.29 is 31.5 Å². The minimum atomic E-state index is -4.25. The summed E-state index contributed by atoms with van der Waals surface area (Å²) in [5, 5.41) is 14.6. The summed E-state index contributed by atoms with van der Waals surface area (Å²) in [5.74, 6) is -1.73. The maximum Gasteiger partial charge on any atom is 0.335 e. The summed E-state index contributed by atoms with van der Waals surface area (Å²) in [6.07, 6.45) is 6.49.